The number of methoxy groups -OCH3 is 1. The maximum Gasteiger partial charge on any atom is 0.191 e. The zero-order valence-corrected chi connectivity index (χ0v) is 15.1. The van der Waals surface area contributed by atoms with Gasteiger partial charge in [0.15, 0.2) is 5.96 Å². The number of nitrogens with zero attached hydrogens (tertiary/aromatic N) is 2. The molecule has 2 rings (SSSR count). The molecule has 134 valence electrons. The lowest BCUT2D eigenvalue weighted by Crippen LogP contribution is -2.46. The summed E-state index contributed by atoms with van der Waals surface area (Å²) in [7, 11) is 1.79. The van der Waals surface area contributed by atoms with Gasteiger partial charge in [-0.15, -0.1) is 0 Å². The van der Waals surface area contributed by atoms with E-state index in [1.54, 1.807) is 7.11 Å². The number of rotatable bonds is 7. The first-order chi connectivity index (χ1) is 11.2. The van der Waals surface area contributed by atoms with E-state index in [0.717, 1.165) is 51.6 Å². The van der Waals surface area contributed by atoms with Gasteiger partial charge in [0.05, 0.1) is 12.1 Å². The monoisotopic (exact) mass is 326 g/mol. The number of likely N-dealkylation sites (tertiary alicyclic amines) is 1. The SMILES string of the molecule is CCNC(=NCC1(OC)CCOCC1)NCC1CCCN1CC. The third kappa shape index (κ3) is 5.33. The molecule has 6 nitrogen and oxygen atoms in total. The highest BCUT2D eigenvalue weighted by Crippen LogP contribution is 2.24. The average molecular weight is 326 g/mol. The van der Waals surface area contributed by atoms with Crippen LogP contribution in [0.4, 0.5) is 0 Å². The first-order valence-corrected chi connectivity index (χ1v) is 9.12. The lowest BCUT2D eigenvalue weighted by Gasteiger charge is -2.34. The van der Waals surface area contributed by atoms with Gasteiger partial charge in [-0.05, 0) is 32.9 Å². The molecule has 0 bridgehead atoms. The van der Waals surface area contributed by atoms with Crippen molar-refractivity contribution >= 4 is 5.96 Å². The maximum atomic E-state index is 5.77. The normalized spacial score (nSPS) is 25.5. The summed E-state index contributed by atoms with van der Waals surface area (Å²) < 4.78 is 11.2. The molecule has 2 N–H and O–H groups in total. The fourth-order valence-corrected chi connectivity index (χ4v) is 3.49. The van der Waals surface area contributed by atoms with Crippen LogP contribution in [0.2, 0.25) is 0 Å². The summed E-state index contributed by atoms with van der Waals surface area (Å²) in [6.07, 6.45) is 4.41. The Morgan fingerprint density at radius 1 is 1.30 bits per heavy atom. The number of nitrogens with one attached hydrogen (secondary N) is 2. The minimum absolute atomic E-state index is 0.163. The van der Waals surface area contributed by atoms with Crippen molar-refractivity contribution < 1.29 is 9.47 Å². The summed E-state index contributed by atoms with van der Waals surface area (Å²) in [6, 6.07) is 0.628. The van der Waals surface area contributed by atoms with Crippen molar-refractivity contribution in [3.63, 3.8) is 0 Å². The van der Waals surface area contributed by atoms with Gasteiger partial charge in [0.25, 0.3) is 0 Å². The Kier molecular flexibility index (Phi) is 7.59. The molecular formula is C17H34N4O2. The summed E-state index contributed by atoms with van der Waals surface area (Å²) in [5.41, 5.74) is -0.163. The van der Waals surface area contributed by atoms with E-state index in [9.17, 15) is 0 Å². The van der Waals surface area contributed by atoms with Crippen molar-refractivity contribution in [3.8, 4) is 0 Å². The molecule has 0 radical (unpaired) electrons. The topological polar surface area (TPSA) is 58.1 Å². The van der Waals surface area contributed by atoms with Gasteiger partial charge in [0.1, 0.15) is 0 Å². The lowest BCUT2D eigenvalue weighted by molar-refractivity contribution is -0.0828. The molecular weight excluding hydrogens is 292 g/mol. The molecule has 0 aliphatic carbocycles. The zero-order chi connectivity index (χ0) is 16.5. The van der Waals surface area contributed by atoms with E-state index in [4.69, 9.17) is 14.5 Å². The summed E-state index contributed by atoms with van der Waals surface area (Å²) in [6.45, 7) is 10.7. The Morgan fingerprint density at radius 2 is 2.09 bits per heavy atom. The Hall–Kier alpha value is -0.850. The second kappa shape index (κ2) is 9.45. The molecule has 2 aliphatic rings. The minimum Gasteiger partial charge on any atom is -0.381 e. The van der Waals surface area contributed by atoms with Crippen LogP contribution in [0.1, 0.15) is 39.5 Å². The number of guanidine groups is 1. The summed E-state index contributed by atoms with van der Waals surface area (Å²) in [5.74, 6) is 0.901. The molecule has 2 aliphatic heterocycles. The second-order valence-corrected chi connectivity index (χ2v) is 6.50. The van der Waals surface area contributed by atoms with Crippen LogP contribution >= 0.6 is 0 Å². The van der Waals surface area contributed by atoms with E-state index in [2.05, 4.69) is 29.4 Å². The molecule has 1 unspecified atom stereocenters. The summed E-state index contributed by atoms with van der Waals surface area (Å²) in [5, 5.41) is 6.87. The largest absolute Gasteiger partial charge is 0.381 e. The third-order valence-corrected chi connectivity index (χ3v) is 5.12. The minimum atomic E-state index is -0.163. The van der Waals surface area contributed by atoms with Gasteiger partial charge >= 0.3 is 0 Å². The molecule has 2 fully saturated rings. The second-order valence-electron chi connectivity index (χ2n) is 6.50. The van der Waals surface area contributed by atoms with Gasteiger partial charge in [0, 0.05) is 52.3 Å². The van der Waals surface area contributed by atoms with E-state index in [-0.39, 0.29) is 5.60 Å². The highest BCUT2D eigenvalue weighted by molar-refractivity contribution is 5.79. The van der Waals surface area contributed by atoms with E-state index in [1.807, 2.05) is 0 Å². The Balaban J connectivity index is 1.88. The number of ether oxygens (including phenoxy) is 2. The average Bonchev–Trinajstić information content (AvgIpc) is 3.06. The van der Waals surface area contributed by atoms with Gasteiger partial charge in [-0.3, -0.25) is 9.89 Å². The molecule has 0 aromatic carbocycles. The number of hydrogen-bond acceptors (Lipinski definition) is 4. The van der Waals surface area contributed by atoms with Crippen molar-refractivity contribution in [1.82, 2.24) is 15.5 Å². The number of aliphatic imine (C=N–C) groups is 1. The number of likely N-dealkylation sites (N-methyl/N-ethyl adjacent to an activating group) is 1. The maximum absolute atomic E-state index is 5.77. The van der Waals surface area contributed by atoms with Crippen LogP contribution in [0.25, 0.3) is 0 Å². The summed E-state index contributed by atoms with van der Waals surface area (Å²) >= 11 is 0. The fraction of sp³-hybridized carbons (Fsp3) is 0.941. The first kappa shape index (κ1) is 18.5. The van der Waals surface area contributed by atoms with E-state index in [1.165, 1.54) is 19.4 Å². The van der Waals surface area contributed by atoms with Gasteiger partial charge in [0.2, 0.25) is 0 Å². The molecule has 23 heavy (non-hydrogen) atoms. The standard InChI is InChI=1S/C17H34N4O2/c1-4-18-16(19-13-15-7-6-10-21(15)5-2)20-14-17(22-3)8-11-23-12-9-17/h15H,4-14H2,1-3H3,(H2,18,19,20). The van der Waals surface area contributed by atoms with Crippen LogP contribution in [0.3, 0.4) is 0 Å². The molecule has 2 saturated heterocycles. The first-order valence-electron chi connectivity index (χ1n) is 9.12. The predicted molar refractivity (Wildman–Crippen MR) is 94.0 cm³/mol. The van der Waals surface area contributed by atoms with Crippen molar-refractivity contribution in [2.45, 2.75) is 51.2 Å². The molecule has 0 amide bonds. The van der Waals surface area contributed by atoms with Crippen LogP contribution in [0.5, 0.6) is 0 Å². The molecule has 0 aromatic heterocycles. The molecule has 2 heterocycles. The van der Waals surface area contributed by atoms with Gasteiger partial charge in [-0.1, -0.05) is 6.92 Å². The van der Waals surface area contributed by atoms with E-state index in [0.29, 0.717) is 12.6 Å². The van der Waals surface area contributed by atoms with Crippen LogP contribution < -0.4 is 10.6 Å². The van der Waals surface area contributed by atoms with Gasteiger partial charge in [-0.2, -0.15) is 0 Å². The highest BCUT2D eigenvalue weighted by atomic mass is 16.5. The smallest absolute Gasteiger partial charge is 0.191 e. The highest BCUT2D eigenvalue weighted by Gasteiger charge is 2.32. The van der Waals surface area contributed by atoms with Crippen molar-refractivity contribution in [3.05, 3.63) is 0 Å². The van der Waals surface area contributed by atoms with E-state index < -0.39 is 0 Å². The van der Waals surface area contributed by atoms with Crippen molar-refractivity contribution in [1.29, 1.82) is 0 Å². The predicted octanol–water partition coefficient (Wildman–Crippen LogP) is 1.22. The molecule has 0 spiro atoms. The number of hydrogen-bond donors (Lipinski definition) is 2. The molecule has 1 atom stereocenters. The van der Waals surface area contributed by atoms with Crippen LogP contribution in [-0.4, -0.2) is 75.5 Å². The quantitative estimate of drug-likeness (QED) is 0.544. The van der Waals surface area contributed by atoms with Crippen LogP contribution in [0, 0.1) is 0 Å². The lowest BCUT2D eigenvalue weighted by atomic mass is 9.94. The summed E-state index contributed by atoms with van der Waals surface area (Å²) in [4.78, 5) is 7.33. The molecule has 6 heteroatoms. The Labute approximate surface area is 141 Å². The van der Waals surface area contributed by atoms with Crippen molar-refractivity contribution in [2.24, 2.45) is 4.99 Å². The van der Waals surface area contributed by atoms with Crippen LogP contribution in [0.15, 0.2) is 4.99 Å². The van der Waals surface area contributed by atoms with Crippen LogP contribution in [-0.2, 0) is 9.47 Å². The van der Waals surface area contributed by atoms with Crippen molar-refractivity contribution in [2.75, 3.05) is 53.0 Å². The third-order valence-electron chi connectivity index (χ3n) is 5.12. The zero-order valence-electron chi connectivity index (χ0n) is 15.1. The van der Waals surface area contributed by atoms with Gasteiger partial charge < -0.3 is 20.1 Å². The van der Waals surface area contributed by atoms with Gasteiger partial charge in [-0.25, -0.2) is 0 Å². The van der Waals surface area contributed by atoms with E-state index >= 15 is 0 Å². The fourth-order valence-electron chi connectivity index (χ4n) is 3.49. The molecule has 0 aromatic rings. The Morgan fingerprint density at radius 3 is 2.74 bits per heavy atom. The molecule has 0 saturated carbocycles. The Bertz CT molecular complexity index is 370.